The Hall–Kier alpha value is -1.36. The third-order valence-electron chi connectivity index (χ3n) is 3.65. The normalized spacial score (nSPS) is 21.3. The smallest absolute Gasteiger partial charge is 0.251 e. The summed E-state index contributed by atoms with van der Waals surface area (Å²) in [6, 6.07) is 5.57. The summed E-state index contributed by atoms with van der Waals surface area (Å²) in [5.74, 6) is 0.366. The van der Waals surface area contributed by atoms with Crippen LogP contribution in [0.5, 0.6) is 0 Å². The van der Waals surface area contributed by atoms with Crippen LogP contribution in [-0.2, 0) is 9.84 Å². The third kappa shape index (κ3) is 3.56. The first kappa shape index (κ1) is 14.1. The lowest BCUT2D eigenvalue weighted by atomic mass is 10.1. The van der Waals surface area contributed by atoms with E-state index in [1.165, 1.54) is 0 Å². The predicted molar refractivity (Wildman–Crippen MR) is 75.0 cm³/mol. The first-order valence-corrected chi connectivity index (χ1v) is 8.25. The maximum Gasteiger partial charge on any atom is 0.251 e. The number of amides is 1. The van der Waals surface area contributed by atoms with Crippen LogP contribution in [0, 0.1) is 19.8 Å². The van der Waals surface area contributed by atoms with Crippen molar-refractivity contribution in [1.29, 1.82) is 0 Å². The van der Waals surface area contributed by atoms with Gasteiger partial charge in [0.25, 0.3) is 5.91 Å². The van der Waals surface area contributed by atoms with Crippen molar-refractivity contribution < 1.29 is 13.2 Å². The first-order valence-electron chi connectivity index (χ1n) is 6.43. The summed E-state index contributed by atoms with van der Waals surface area (Å²) in [6.07, 6.45) is 0.648. The van der Waals surface area contributed by atoms with Gasteiger partial charge in [-0.15, -0.1) is 0 Å². The molecule has 0 bridgehead atoms. The summed E-state index contributed by atoms with van der Waals surface area (Å²) in [7, 11) is -2.87. The van der Waals surface area contributed by atoms with Gasteiger partial charge in [-0.25, -0.2) is 8.42 Å². The van der Waals surface area contributed by atoms with Crippen LogP contribution in [0.15, 0.2) is 18.2 Å². The van der Waals surface area contributed by atoms with E-state index in [-0.39, 0.29) is 23.3 Å². The number of aryl methyl sites for hydroxylation is 2. The Morgan fingerprint density at radius 1 is 1.32 bits per heavy atom. The van der Waals surface area contributed by atoms with Gasteiger partial charge in [-0.3, -0.25) is 4.79 Å². The van der Waals surface area contributed by atoms with Crippen molar-refractivity contribution in [1.82, 2.24) is 5.32 Å². The van der Waals surface area contributed by atoms with Crippen LogP contribution in [0.2, 0.25) is 0 Å². The van der Waals surface area contributed by atoms with E-state index in [0.29, 0.717) is 18.5 Å². The number of hydrogen-bond acceptors (Lipinski definition) is 3. The van der Waals surface area contributed by atoms with Gasteiger partial charge >= 0.3 is 0 Å². The van der Waals surface area contributed by atoms with Crippen LogP contribution >= 0.6 is 0 Å². The van der Waals surface area contributed by atoms with E-state index < -0.39 is 9.84 Å². The van der Waals surface area contributed by atoms with Gasteiger partial charge in [0, 0.05) is 12.1 Å². The molecular formula is C14H19NO3S. The molecule has 4 nitrogen and oxygen atoms in total. The van der Waals surface area contributed by atoms with Gasteiger partial charge in [-0.05, 0) is 49.4 Å². The molecule has 1 N–H and O–H groups in total. The van der Waals surface area contributed by atoms with E-state index in [1.807, 2.05) is 26.0 Å². The number of carbonyl (C=O) groups is 1. The number of sulfone groups is 1. The molecule has 19 heavy (non-hydrogen) atoms. The van der Waals surface area contributed by atoms with Gasteiger partial charge in [0.15, 0.2) is 9.84 Å². The summed E-state index contributed by atoms with van der Waals surface area (Å²) in [4.78, 5) is 12.0. The van der Waals surface area contributed by atoms with E-state index in [1.54, 1.807) is 6.07 Å². The second-order valence-corrected chi connectivity index (χ2v) is 7.51. The van der Waals surface area contributed by atoms with E-state index in [9.17, 15) is 13.2 Å². The molecule has 1 aliphatic heterocycles. The van der Waals surface area contributed by atoms with Crippen molar-refractivity contribution >= 4 is 15.7 Å². The van der Waals surface area contributed by atoms with E-state index in [4.69, 9.17) is 0 Å². The minimum Gasteiger partial charge on any atom is -0.352 e. The molecule has 0 spiro atoms. The van der Waals surface area contributed by atoms with Crippen molar-refractivity contribution in [3.63, 3.8) is 0 Å². The lowest BCUT2D eigenvalue weighted by Crippen LogP contribution is -2.29. The Kier molecular flexibility index (Phi) is 3.94. The number of rotatable bonds is 3. The molecule has 1 atom stereocenters. The summed E-state index contributed by atoms with van der Waals surface area (Å²) in [5, 5.41) is 2.82. The minimum atomic E-state index is -2.87. The second kappa shape index (κ2) is 5.33. The maximum atomic E-state index is 12.0. The van der Waals surface area contributed by atoms with Crippen LogP contribution in [-0.4, -0.2) is 32.4 Å². The van der Waals surface area contributed by atoms with Gasteiger partial charge in [-0.1, -0.05) is 6.07 Å². The molecule has 0 unspecified atom stereocenters. The van der Waals surface area contributed by atoms with Gasteiger partial charge < -0.3 is 5.32 Å². The molecule has 1 heterocycles. The Balaban J connectivity index is 1.93. The minimum absolute atomic E-state index is 0.0560. The third-order valence-corrected chi connectivity index (χ3v) is 5.48. The Morgan fingerprint density at radius 3 is 2.63 bits per heavy atom. The van der Waals surface area contributed by atoms with Gasteiger partial charge in [0.05, 0.1) is 11.5 Å². The van der Waals surface area contributed by atoms with Crippen LogP contribution < -0.4 is 5.32 Å². The Labute approximate surface area is 114 Å². The van der Waals surface area contributed by atoms with Crippen molar-refractivity contribution in [2.24, 2.45) is 5.92 Å². The van der Waals surface area contributed by atoms with Crippen LogP contribution in [0.4, 0.5) is 0 Å². The molecule has 1 aromatic rings. The molecule has 1 fully saturated rings. The SMILES string of the molecule is Cc1ccc(C(=O)NC[C@H]2CCS(=O)(=O)C2)cc1C. The summed E-state index contributed by atoms with van der Waals surface area (Å²) >= 11 is 0. The summed E-state index contributed by atoms with van der Waals surface area (Å²) in [6.45, 7) is 4.40. The monoisotopic (exact) mass is 281 g/mol. The topological polar surface area (TPSA) is 63.2 Å². The largest absolute Gasteiger partial charge is 0.352 e. The molecule has 1 amide bonds. The van der Waals surface area contributed by atoms with E-state index >= 15 is 0 Å². The molecule has 0 aliphatic carbocycles. The number of benzene rings is 1. The van der Waals surface area contributed by atoms with Gasteiger partial charge in [0.2, 0.25) is 0 Å². The molecule has 1 aliphatic rings. The highest BCUT2D eigenvalue weighted by molar-refractivity contribution is 7.91. The highest BCUT2D eigenvalue weighted by Gasteiger charge is 2.27. The first-order chi connectivity index (χ1) is 8.87. The zero-order valence-electron chi connectivity index (χ0n) is 11.3. The molecule has 0 aromatic heterocycles. The fourth-order valence-electron chi connectivity index (χ4n) is 2.25. The molecule has 2 rings (SSSR count). The van der Waals surface area contributed by atoms with Crippen LogP contribution in [0.1, 0.15) is 27.9 Å². The Bertz CT molecular complexity index is 593. The predicted octanol–water partition coefficient (Wildman–Crippen LogP) is 1.47. The molecule has 5 heteroatoms. The van der Waals surface area contributed by atoms with Crippen LogP contribution in [0.3, 0.4) is 0 Å². The van der Waals surface area contributed by atoms with Crippen LogP contribution in [0.25, 0.3) is 0 Å². The zero-order chi connectivity index (χ0) is 14.0. The molecule has 104 valence electrons. The van der Waals surface area contributed by atoms with E-state index in [0.717, 1.165) is 11.1 Å². The molecule has 1 aromatic carbocycles. The Morgan fingerprint density at radius 2 is 2.05 bits per heavy atom. The standard InChI is InChI=1S/C14H19NO3S/c1-10-3-4-13(7-11(10)2)14(16)15-8-12-5-6-19(17,18)9-12/h3-4,7,12H,5-6,8-9H2,1-2H3,(H,15,16)/t12-/m1/s1. The number of hydrogen-bond donors (Lipinski definition) is 1. The summed E-state index contributed by atoms with van der Waals surface area (Å²) in [5.41, 5.74) is 2.86. The highest BCUT2D eigenvalue weighted by atomic mass is 32.2. The van der Waals surface area contributed by atoms with Gasteiger partial charge in [0.1, 0.15) is 0 Å². The second-order valence-electron chi connectivity index (χ2n) is 5.28. The van der Waals surface area contributed by atoms with E-state index in [2.05, 4.69) is 5.32 Å². The number of nitrogens with one attached hydrogen (secondary N) is 1. The van der Waals surface area contributed by atoms with Crippen molar-refractivity contribution in [2.45, 2.75) is 20.3 Å². The highest BCUT2D eigenvalue weighted by Crippen LogP contribution is 2.17. The fourth-order valence-corrected chi connectivity index (χ4v) is 4.12. The number of carbonyl (C=O) groups excluding carboxylic acids is 1. The zero-order valence-corrected chi connectivity index (χ0v) is 12.1. The lowest BCUT2D eigenvalue weighted by Gasteiger charge is -2.10. The average molecular weight is 281 g/mol. The maximum absolute atomic E-state index is 12.0. The van der Waals surface area contributed by atoms with Crippen molar-refractivity contribution in [2.75, 3.05) is 18.1 Å². The molecule has 0 radical (unpaired) electrons. The molecular weight excluding hydrogens is 262 g/mol. The van der Waals surface area contributed by atoms with Crippen molar-refractivity contribution in [3.8, 4) is 0 Å². The molecule has 1 saturated heterocycles. The lowest BCUT2D eigenvalue weighted by molar-refractivity contribution is 0.0948. The van der Waals surface area contributed by atoms with Gasteiger partial charge in [-0.2, -0.15) is 0 Å². The average Bonchev–Trinajstić information content (AvgIpc) is 2.69. The fraction of sp³-hybridized carbons (Fsp3) is 0.500. The summed E-state index contributed by atoms with van der Waals surface area (Å²) < 4.78 is 22.7. The van der Waals surface area contributed by atoms with Crippen molar-refractivity contribution in [3.05, 3.63) is 34.9 Å². The quantitative estimate of drug-likeness (QED) is 0.912. The molecule has 0 saturated carbocycles.